The van der Waals surface area contributed by atoms with Crippen molar-refractivity contribution in [3.63, 3.8) is 0 Å². The molecule has 6 nitrogen and oxygen atoms in total. The van der Waals surface area contributed by atoms with E-state index in [0.717, 1.165) is 13.0 Å². The molecule has 0 spiro atoms. The van der Waals surface area contributed by atoms with Crippen LogP contribution in [0, 0.1) is 23.0 Å². The van der Waals surface area contributed by atoms with Gasteiger partial charge in [0, 0.05) is 23.9 Å². The van der Waals surface area contributed by atoms with Crippen LogP contribution in [0.2, 0.25) is 0 Å². The van der Waals surface area contributed by atoms with Gasteiger partial charge in [-0.15, -0.1) is 0 Å². The Morgan fingerprint density at radius 3 is 2.94 bits per heavy atom. The van der Waals surface area contributed by atoms with Gasteiger partial charge in [0.2, 0.25) is 5.91 Å². The Kier molecular flexibility index (Phi) is 3.57. The molecule has 6 heteroatoms. The first-order valence-electron chi connectivity index (χ1n) is 5.84. The summed E-state index contributed by atoms with van der Waals surface area (Å²) in [4.78, 5) is 22.2. The number of aryl methyl sites for hydroxylation is 1. The summed E-state index contributed by atoms with van der Waals surface area (Å²) in [6.07, 6.45) is 0.805. The third kappa shape index (κ3) is 2.65. The van der Waals surface area contributed by atoms with Gasteiger partial charge in [0.1, 0.15) is 0 Å². The summed E-state index contributed by atoms with van der Waals surface area (Å²) in [5, 5.41) is 16.6. The lowest BCUT2D eigenvalue weighted by molar-refractivity contribution is -0.385. The minimum Gasteiger partial charge on any atom is -0.326 e. The summed E-state index contributed by atoms with van der Waals surface area (Å²) in [5.41, 5.74) is 1.09. The first kappa shape index (κ1) is 12.5. The number of amides is 1. The van der Waals surface area contributed by atoms with Crippen molar-refractivity contribution in [2.24, 2.45) is 5.92 Å². The van der Waals surface area contributed by atoms with Crippen LogP contribution in [0.25, 0.3) is 0 Å². The van der Waals surface area contributed by atoms with Crippen LogP contribution in [0.15, 0.2) is 18.2 Å². The van der Waals surface area contributed by atoms with Crippen molar-refractivity contribution in [1.82, 2.24) is 5.32 Å². The maximum Gasteiger partial charge on any atom is 0.274 e. The molecule has 1 amide bonds. The van der Waals surface area contributed by atoms with E-state index in [4.69, 9.17) is 0 Å². The highest BCUT2D eigenvalue weighted by molar-refractivity contribution is 5.93. The Labute approximate surface area is 105 Å². The zero-order chi connectivity index (χ0) is 13.1. The van der Waals surface area contributed by atoms with Crippen LogP contribution in [0.4, 0.5) is 11.4 Å². The van der Waals surface area contributed by atoms with Gasteiger partial charge < -0.3 is 10.6 Å². The molecule has 2 rings (SSSR count). The fraction of sp³-hybridized carbons (Fsp3) is 0.417. The third-order valence-corrected chi connectivity index (χ3v) is 3.10. The number of benzene rings is 1. The molecule has 2 N–H and O–H groups in total. The highest BCUT2D eigenvalue weighted by Gasteiger charge is 2.22. The first-order chi connectivity index (χ1) is 8.58. The number of carbonyl (C=O) groups is 1. The second kappa shape index (κ2) is 5.14. The summed E-state index contributed by atoms with van der Waals surface area (Å²) in [5.74, 6) is -0.136. The molecule has 1 heterocycles. The van der Waals surface area contributed by atoms with Crippen molar-refractivity contribution in [1.29, 1.82) is 0 Å². The van der Waals surface area contributed by atoms with Crippen LogP contribution in [0.3, 0.4) is 0 Å². The van der Waals surface area contributed by atoms with E-state index in [1.54, 1.807) is 19.1 Å². The lowest BCUT2D eigenvalue weighted by atomic mass is 10.1. The highest BCUT2D eigenvalue weighted by Crippen LogP contribution is 2.23. The van der Waals surface area contributed by atoms with Crippen LogP contribution in [-0.4, -0.2) is 23.9 Å². The zero-order valence-corrected chi connectivity index (χ0v) is 10.1. The maximum atomic E-state index is 11.9. The van der Waals surface area contributed by atoms with Crippen molar-refractivity contribution in [3.05, 3.63) is 33.9 Å². The van der Waals surface area contributed by atoms with Gasteiger partial charge in [-0.05, 0) is 26.0 Å². The van der Waals surface area contributed by atoms with Gasteiger partial charge in [-0.3, -0.25) is 14.9 Å². The largest absolute Gasteiger partial charge is 0.326 e. The van der Waals surface area contributed by atoms with E-state index in [2.05, 4.69) is 10.6 Å². The lowest BCUT2D eigenvalue weighted by Gasteiger charge is -2.10. The Hall–Kier alpha value is -1.95. The van der Waals surface area contributed by atoms with Crippen molar-refractivity contribution >= 4 is 17.3 Å². The number of carbonyl (C=O) groups excluding carboxylic acids is 1. The number of nitrogens with one attached hydrogen (secondary N) is 2. The SMILES string of the molecule is Cc1ccc(NC(=O)C2CCNC2)cc1[N+](=O)[O-]. The molecule has 0 radical (unpaired) electrons. The Morgan fingerprint density at radius 2 is 2.33 bits per heavy atom. The minimum absolute atomic E-state index is 0.0253. The average molecular weight is 249 g/mol. The van der Waals surface area contributed by atoms with E-state index >= 15 is 0 Å². The molecule has 1 fully saturated rings. The molecule has 0 saturated carbocycles. The van der Waals surface area contributed by atoms with Crippen LogP contribution in [0.5, 0.6) is 0 Å². The van der Waals surface area contributed by atoms with Gasteiger partial charge >= 0.3 is 0 Å². The molecular formula is C12H15N3O3. The topological polar surface area (TPSA) is 84.3 Å². The number of nitrogens with zero attached hydrogens (tertiary/aromatic N) is 1. The maximum absolute atomic E-state index is 11.9. The van der Waals surface area contributed by atoms with Crippen molar-refractivity contribution in [2.45, 2.75) is 13.3 Å². The highest BCUT2D eigenvalue weighted by atomic mass is 16.6. The lowest BCUT2D eigenvalue weighted by Crippen LogP contribution is -2.24. The van der Waals surface area contributed by atoms with E-state index in [9.17, 15) is 14.9 Å². The van der Waals surface area contributed by atoms with Gasteiger partial charge in [-0.2, -0.15) is 0 Å². The molecule has 1 unspecified atom stereocenters. The monoisotopic (exact) mass is 249 g/mol. The Balaban J connectivity index is 2.11. The van der Waals surface area contributed by atoms with Crippen LogP contribution in [-0.2, 0) is 4.79 Å². The molecule has 1 aliphatic heterocycles. The zero-order valence-electron chi connectivity index (χ0n) is 10.1. The van der Waals surface area contributed by atoms with Crippen molar-refractivity contribution in [3.8, 4) is 0 Å². The quantitative estimate of drug-likeness (QED) is 0.627. The third-order valence-electron chi connectivity index (χ3n) is 3.10. The summed E-state index contributed by atoms with van der Waals surface area (Å²) in [6, 6.07) is 4.72. The standard InChI is InChI=1S/C12H15N3O3/c1-8-2-3-10(6-11(8)15(17)18)14-12(16)9-4-5-13-7-9/h2-3,6,9,13H,4-5,7H2,1H3,(H,14,16). The molecule has 0 aliphatic carbocycles. The number of nitro groups is 1. The van der Waals surface area contributed by atoms with Gasteiger partial charge in [-0.1, -0.05) is 6.07 Å². The predicted molar refractivity (Wildman–Crippen MR) is 67.4 cm³/mol. The van der Waals surface area contributed by atoms with Crippen molar-refractivity contribution in [2.75, 3.05) is 18.4 Å². The number of anilines is 1. The first-order valence-corrected chi connectivity index (χ1v) is 5.84. The molecule has 96 valence electrons. The van der Waals surface area contributed by atoms with Crippen LogP contribution in [0.1, 0.15) is 12.0 Å². The molecular weight excluding hydrogens is 234 g/mol. The van der Waals surface area contributed by atoms with E-state index in [0.29, 0.717) is 17.8 Å². The smallest absolute Gasteiger partial charge is 0.274 e. The number of nitro benzene ring substituents is 1. The van der Waals surface area contributed by atoms with Gasteiger partial charge in [0.15, 0.2) is 0 Å². The molecule has 1 aromatic carbocycles. The van der Waals surface area contributed by atoms with E-state index in [1.807, 2.05) is 0 Å². The van der Waals surface area contributed by atoms with Crippen molar-refractivity contribution < 1.29 is 9.72 Å². The number of rotatable bonds is 3. The second-order valence-electron chi connectivity index (χ2n) is 4.44. The Morgan fingerprint density at radius 1 is 1.56 bits per heavy atom. The average Bonchev–Trinajstić information content (AvgIpc) is 2.85. The fourth-order valence-electron chi connectivity index (χ4n) is 2.01. The molecule has 1 aromatic rings. The van der Waals surface area contributed by atoms with E-state index in [-0.39, 0.29) is 17.5 Å². The minimum atomic E-state index is -0.442. The van der Waals surface area contributed by atoms with Gasteiger partial charge in [0.25, 0.3) is 5.69 Å². The second-order valence-corrected chi connectivity index (χ2v) is 4.44. The van der Waals surface area contributed by atoms with E-state index in [1.165, 1.54) is 6.07 Å². The Bertz CT molecular complexity index is 481. The number of hydrogen-bond acceptors (Lipinski definition) is 4. The normalized spacial score (nSPS) is 18.6. The van der Waals surface area contributed by atoms with Gasteiger partial charge in [0.05, 0.1) is 10.8 Å². The molecule has 1 atom stereocenters. The summed E-state index contributed by atoms with van der Waals surface area (Å²) < 4.78 is 0. The molecule has 0 aromatic heterocycles. The van der Waals surface area contributed by atoms with Gasteiger partial charge in [-0.25, -0.2) is 0 Å². The predicted octanol–water partition coefficient (Wildman–Crippen LogP) is 1.45. The molecule has 0 bridgehead atoms. The molecule has 1 saturated heterocycles. The van der Waals surface area contributed by atoms with Crippen LogP contribution >= 0.6 is 0 Å². The fourth-order valence-corrected chi connectivity index (χ4v) is 2.01. The summed E-state index contributed by atoms with van der Waals surface area (Å²) >= 11 is 0. The van der Waals surface area contributed by atoms with Crippen LogP contribution < -0.4 is 10.6 Å². The summed E-state index contributed by atoms with van der Waals surface area (Å²) in [7, 11) is 0. The molecule has 1 aliphatic rings. The van der Waals surface area contributed by atoms with E-state index < -0.39 is 4.92 Å². The summed E-state index contributed by atoms with van der Waals surface area (Å²) in [6.45, 7) is 3.18. The number of hydrogen-bond donors (Lipinski definition) is 2. The molecule has 18 heavy (non-hydrogen) atoms.